The van der Waals surface area contributed by atoms with E-state index in [-0.39, 0.29) is 12.6 Å². The van der Waals surface area contributed by atoms with Crippen LogP contribution in [0, 0.1) is 5.92 Å². The van der Waals surface area contributed by atoms with Crippen LogP contribution in [0.1, 0.15) is 13.8 Å². The summed E-state index contributed by atoms with van der Waals surface area (Å²) in [5.74, 6) is -1.21. The fourth-order valence-corrected chi connectivity index (χ4v) is 0.916. The van der Waals surface area contributed by atoms with Crippen molar-refractivity contribution < 1.29 is 19.7 Å². The standard InChI is InChI=1S/C9H19NO4/c1-7(9(12)13)8(2)10-3-5-14-6-4-11/h7-8,10-11H,3-6H2,1-2H3,(H,12,13). The second-order valence-electron chi connectivity index (χ2n) is 3.21. The molecule has 0 aromatic heterocycles. The molecule has 14 heavy (non-hydrogen) atoms. The Kier molecular flexibility index (Phi) is 7.37. The van der Waals surface area contributed by atoms with Crippen LogP contribution in [0.25, 0.3) is 0 Å². The fourth-order valence-electron chi connectivity index (χ4n) is 0.916. The van der Waals surface area contributed by atoms with Gasteiger partial charge in [-0.05, 0) is 6.92 Å². The number of rotatable bonds is 8. The van der Waals surface area contributed by atoms with Crippen molar-refractivity contribution in [2.75, 3.05) is 26.4 Å². The van der Waals surface area contributed by atoms with Gasteiger partial charge in [0.1, 0.15) is 0 Å². The number of carboxylic acids is 1. The molecule has 0 aromatic rings. The van der Waals surface area contributed by atoms with E-state index in [2.05, 4.69) is 5.32 Å². The molecule has 0 saturated heterocycles. The average Bonchev–Trinajstić information content (AvgIpc) is 2.16. The Bertz CT molecular complexity index is 163. The van der Waals surface area contributed by atoms with Gasteiger partial charge in [0.2, 0.25) is 0 Å². The molecule has 2 unspecified atom stereocenters. The molecule has 3 N–H and O–H groups in total. The molecule has 0 amide bonds. The van der Waals surface area contributed by atoms with E-state index in [9.17, 15) is 4.79 Å². The number of carboxylic acid groups (broad SMARTS) is 1. The first-order valence-corrected chi connectivity index (χ1v) is 4.74. The lowest BCUT2D eigenvalue weighted by Crippen LogP contribution is -2.38. The lowest BCUT2D eigenvalue weighted by atomic mass is 10.0. The minimum Gasteiger partial charge on any atom is -0.481 e. The smallest absolute Gasteiger partial charge is 0.307 e. The highest BCUT2D eigenvalue weighted by molar-refractivity contribution is 5.70. The van der Waals surface area contributed by atoms with Crippen LogP contribution in [0.15, 0.2) is 0 Å². The molecular formula is C9H19NO4. The lowest BCUT2D eigenvalue weighted by molar-refractivity contribution is -0.141. The molecule has 0 bridgehead atoms. The van der Waals surface area contributed by atoms with Gasteiger partial charge in [-0.2, -0.15) is 0 Å². The maximum absolute atomic E-state index is 10.6. The molecule has 0 aromatic carbocycles. The summed E-state index contributed by atoms with van der Waals surface area (Å²) in [6.45, 7) is 4.90. The molecular weight excluding hydrogens is 186 g/mol. The van der Waals surface area contributed by atoms with Gasteiger partial charge < -0.3 is 20.3 Å². The van der Waals surface area contributed by atoms with E-state index in [1.54, 1.807) is 6.92 Å². The van der Waals surface area contributed by atoms with Gasteiger partial charge in [0.15, 0.2) is 0 Å². The van der Waals surface area contributed by atoms with Crippen molar-refractivity contribution in [3.63, 3.8) is 0 Å². The van der Waals surface area contributed by atoms with Crippen LogP contribution >= 0.6 is 0 Å². The number of aliphatic hydroxyl groups excluding tert-OH is 1. The molecule has 0 radical (unpaired) electrons. The third kappa shape index (κ3) is 5.90. The van der Waals surface area contributed by atoms with Crippen LogP contribution in [0.5, 0.6) is 0 Å². The van der Waals surface area contributed by atoms with E-state index < -0.39 is 11.9 Å². The molecule has 0 rings (SSSR count). The molecule has 0 fully saturated rings. The van der Waals surface area contributed by atoms with E-state index in [0.29, 0.717) is 19.8 Å². The zero-order valence-corrected chi connectivity index (χ0v) is 8.69. The normalized spacial score (nSPS) is 15.1. The van der Waals surface area contributed by atoms with Crippen LogP contribution in [0.4, 0.5) is 0 Å². The number of hydrogen-bond donors (Lipinski definition) is 3. The first-order valence-electron chi connectivity index (χ1n) is 4.74. The summed E-state index contributed by atoms with van der Waals surface area (Å²) in [5.41, 5.74) is 0. The Morgan fingerprint density at radius 3 is 2.57 bits per heavy atom. The van der Waals surface area contributed by atoms with Crippen LogP contribution < -0.4 is 5.32 Å². The molecule has 0 aliphatic carbocycles. The fraction of sp³-hybridized carbons (Fsp3) is 0.889. The van der Waals surface area contributed by atoms with Gasteiger partial charge in [-0.25, -0.2) is 0 Å². The third-order valence-electron chi connectivity index (χ3n) is 2.09. The number of nitrogens with one attached hydrogen (secondary N) is 1. The Hall–Kier alpha value is -0.650. The minimum absolute atomic E-state index is 0.0150. The van der Waals surface area contributed by atoms with Crippen molar-refractivity contribution >= 4 is 5.97 Å². The van der Waals surface area contributed by atoms with E-state index in [1.807, 2.05) is 6.92 Å². The Labute approximate surface area is 84.1 Å². The zero-order valence-electron chi connectivity index (χ0n) is 8.69. The van der Waals surface area contributed by atoms with E-state index in [4.69, 9.17) is 14.9 Å². The molecule has 5 nitrogen and oxygen atoms in total. The number of aliphatic carboxylic acids is 1. The van der Waals surface area contributed by atoms with Crippen molar-refractivity contribution in [2.45, 2.75) is 19.9 Å². The van der Waals surface area contributed by atoms with Crippen LogP contribution in [0.2, 0.25) is 0 Å². The quantitative estimate of drug-likeness (QED) is 0.474. The molecule has 0 saturated carbocycles. The molecule has 84 valence electrons. The number of aliphatic hydroxyl groups is 1. The van der Waals surface area contributed by atoms with Gasteiger partial charge in [0.25, 0.3) is 0 Å². The summed E-state index contributed by atoms with van der Waals surface area (Å²) in [7, 11) is 0. The second kappa shape index (κ2) is 7.73. The number of hydrogen-bond acceptors (Lipinski definition) is 4. The van der Waals surface area contributed by atoms with Crippen LogP contribution in [-0.2, 0) is 9.53 Å². The van der Waals surface area contributed by atoms with Crippen molar-refractivity contribution in [3.8, 4) is 0 Å². The largest absolute Gasteiger partial charge is 0.481 e. The highest BCUT2D eigenvalue weighted by Gasteiger charge is 2.17. The Balaban J connectivity index is 3.43. The zero-order chi connectivity index (χ0) is 11.0. The van der Waals surface area contributed by atoms with E-state index in [1.165, 1.54) is 0 Å². The molecule has 2 atom stereocenters. The molecule has 5 heteroatoms. The minimum atomic E-state index is -0.804. The van der Waals surface area contributed by atoms with Crippen molar-refractivity contribution in [1.82, 2.24) is 5.32 Å². The van der Waals surface area contributed by atoms with Gasteiger partial charge >= 0.3 is 5.97 Å². The van der Waals surface area contributed by atoms with Gasteiger partial charge in [0, 0.05) is 12.6 Å². The van der Waals surface area contributed by atoms with Gasteiger partial charge in [-0.3, -0.25) is 4.79 Å². The summed E-state index contributed by atoms with van der Waals surface area (Å²) >= 11 is 0. The van der Waals surface area contributed by atoms with Crippen molar-refractivity contribution in [2.24, 2.45) is 5.92 Å². The lowest BCUT2D eigenvalue weighted by Gasteiger charge is -2.17. The SMILES string of the molecule is CC(NCCOCCO)C(C)C(=O)O. The summed E-state index contributed by atoms with van der Waals surface area (Å²) < 4.78 is 5.01. The number of ether oxygens (including phenoxy) is 1. The van der Waals surface area contributed by atoms with Crippen LogP contribution in [0.3, 0.4) is 0 Å². The summed E-state index contributed by atoms with van der Waals surface area (Å²) in [6.07, 6.45) is 0. The summed E-state index contributed by atoms with van der Waals surface area (Å²) in [4.78, 5) is 10.6. The second-order valence-corrected chi connectivity index (χ2v) is 3.21. The Morgan fingerprint density at radius 1 is 1.43 bits per heavy atom. The maximum Gasteiger partial charge on any atom is 0.307 e. The monoisotopic (exact) mass is 205 g/mol. The van der Waals surface area contributed by atoms with E-state index in [0.717, 1.165) is 0 Å². The average molecular weight is 205 g/mol. The third-order valence-corrected chi connectivity index (χ3v) is 2.09. The maximum atomic E-state index is 10.6. The summed E-state index contributed by atoms with van der Waals surface area (Å²) in [6, 6.07) is -0.0785. The first-order chi connectivity index (χ1) is 6.59. The van der Waals surface area contributed by atoms with E-state index >= 15 is 0 Å². The van der Waals surface area contributed by atoms with Gasteiger partial charge in [-0.15, -0.1) is 0 Å². The number of carbonyl (C=O) groups is 1. The predicted molar refractivity (Wildman–Crippen MR) is 52.2 cm³/mol. The van der Waals surface area contributed by atoms with Crippen LogP contribution in [-0.4, -0.2) is 48.6 Å². The molecule has 0 aliphatic heterocycles. The first kappa shape index (κ1) is 13.4. The highest BCUT2D eigenvalue weighted by atomic mass is 16.5. The summed E-state index contributed by atoms with van der Waals surface area (Å²) in [5, 5.41) is 20.1. The van der Waals surface area contributed by atoms with Crippen molar-refractivity contribution in [1.29, 1.82) is 0 Å². The molecule has 0 aliphatic rings. The molecule has 0 spiro atoms. The topological polar surface area (TPSA) is 78.8 Å². The van der Waals surface area contributed by atoms with Crippen molar-refractivity contribution in [3.05, 3.63) is 0 Å². The van der Waals surface area contributed by atoms with Gasteiger partial charge in [0.05, 0.1) is 25.7 Å². The predicted octanol–water partition coefficient (Wildman–Crippen LogP) is -0.306. The highest BCUT2D eigenvalue weighted by Crippen LogP contribution is 2.01. The molecule has 0 heterocycles. The van der Waals surface area contributed by atoms with Gasteiger partial charge in [-0.1, -0.05) is 6.92 Å². The Morgan fingerprint density at radius 2 is 2.07 bits per heavy atom.